The maximum atomic E-state index is 12.5. The van der Waals surface area contributed by atoms with Crippen LogP contribution in [0.2, 0.25) is 0 Å². The number of benzene rings is 2. The Kier molecular flexibility index (Phi) is 6.12. The van der Waals surface area contributed by atoms with Gasteiger partial charge in [-0.1, -0.05) is 18.6 Å². The van der Waals surface area contributed by atoms with Gasteiger partial charge in [0.2, 0.25) is 0 Å². The van der Waals surface area contributed by atoms with Crippen molar-refractivity contribution >= 4 is 11.6 Å². The van der Waals surface area contributed by atoms with Gasteiger partial charge in [-0.25, -0.2) is 0 Å². The summed E-state index contributed by atoms with van der Waals surface area (Å²) in [6, 6.07) is 13.2. The Labute approximate surface area is 154 Å². The lowest BCUT2D eigenvalue weighted by molar-refractivity contribution is 0.102. The number of amides is 1. The van der Waals surface area contributed by atoms with Crippen molar-refractivity contribution in [2.24, 2.45) is 0 Å². The van der Waals surface area contributed by atoms with E-state index in [0.717, 1.165) is 6.54 Å². The second-order valence-electron chi connectivity index (χ2n) is 6.56. The average molecular weight is 354 g/mol. The standard InChI is InChI=1S/C21H26N2O3/c1-25-19-11-10-18(14-20(19)26-2)22-21(24)17-8-6-16(7-9-17)15-23-12-4-3-5-13-23/h6-11,14H,3-5,12-13,15H2,1-2H3,(H,22,24). The monoisotopic (exact) mass is 354 g/mol. The van der Waals surface area contributed by atoms with Gasteiger partial charge in [-0.15, -0.1) is 0 Å². The molecular weight excluding hydrogens is 328 g/mol. The lowest BCUT2D eigenvalue weighted by atomic mass is 10.1. The maximum Gasteiger partial charge on any atom is 0.255 e. The maximum absolute atomic E-state index is 12.5. The van der Waals surface area contributed by atoms with Gasteiger partial charge in [0.25, 0.3) is 5.91 Å². The number of nitrogens with one attached hydrogen (secondary N) is 1. The van der Waals surface area contributed by atoms with Gasteiger partial charge in [0.1, 0.15) is 0 Å². The van der Waals surface area contributed by atoms with Crippen LogP contribution < -0.4 is 14.8 Å². The van der Waals surface area contributed by atoms with Crippen molar-refractivity contribution < 1.29 is 14.3 Å². The van der Waals surface area contributed by atoms with Crippen molar-refractivity contribution in [2.75, 3.05) is 32.6 Å². The predicted molar refractivity (Wildman–Crippen MR) is 103 cm³/mol. The number of carbonyl (C=O) groups is 1. The molecular formula is C21H26N2O3. The van der Waals surface area contributed by atoms with Crippen LogP contribution in [-0.2, 0) is 6.54 Å². The predicted octanol–water partition coefficient (Wildman–Crippen LogP) is 3.94. The van der Waals surface area contributed by atoms with Crippen LogP contribution in [0.15, 0.2) is 42.5 Å². The highest BCUT2D eigenvalue weighted by Gasteiger charge is 2.12. The number of rotatable bonds is 6. The van der Waals surface area contributed by atoms with Gasteiger partial charge in [0, 0.05) is 23.9 Å². The molecule has 0 aromatic heterocycles. The van der Waals surface area contributed by atoms with E-state index in [4.69, 9.17) is 9.47 Å². The van der Waals surface area contributed by atoms with Crippen LogP contribution in [0, 0.1) is 0 Å². The summed E-state index contributed by atoms with van der Waals surface area (Å²) < 4.78 is 10.5. The molecule has 2 aromatic rings. The normalized spacial score (nSPS) is 14.7. The highest BCUT2D eigenvalue weighted by Crippen LogP contribution is 2.29. The molecule has 0 bridgehead atoms. The molecule has 1 N–H and O–H groups in total. The summed E-state index contributed by atoms with van der Waals surface area (Å²) in [5.41, 5.74) is 2.56. The van der Waals surface area contributed by atoms with Crippen LogP contribution in [-0.4, -0.2) is 38.1 Å². The fraction of sp³-hybridized carbons (Fsp3) is 0.381. The third-order valence-electron chi connectivity index (χ3n) is 4.71. The van der Waals surface area contributed by atoms with Crippen LogP contribution in [0.4, 0.5) is 5.69 Å². The third-order valence-corrected chi connectivity index (χ3v) is 4.71. The lowest BCUT2D eigenvalue weighted by Gasteiger charge is -2.26. The van der Waals surface area contributed by atoms with Crippen molar-refractivity contribution in [2.45, 2.75) is 25.8 Å². The minimum Gasteiger partial charge on any atom is -0.493 e. The quantitative estimate of drug-likeness (QED) is 0.854. The zero-order valence-corrected chi connectivity index (χ0v) is 15.5. The number of hydrogen-bond donors (Lipinski definition) is 1. The molecule has 26 heavy (non-hydrogen) atoms. The molecule has 0 unspecified atom stereocenters. The highest BCUT2D eigenvalue weighted by molar-refractivity contribution is 6.04. The van der Waals surface area contributed by atoms with Gasteiger partial charge in [0.15, 0.2) is 11.5 Å². The molecule has 0 atom stereocenters. The van der Waals surface area contributed by atoms with Crippen molar-refractivity contribution in [1.29, 1.82) is 0 Å². The summed E-state index contributed by atoms with van der Waals surface area (Å²) in [7, 11) is 3.16. The SMILES string of the molecule is COc1ccc(NC(=O)c2ccc(CN3CCCCC3)cc2)cc1OC. The van der Waals surface area contributed by atoms with Crippen molar-refractivity contribution in [3.05, 3.63) is 53.6 Å². The molecule has 2 aromatic carbocycles. The van der Waals surface area contributed by atoms with Crippen molar-refractivity contribution in [3.63, 3.8) is 0 Å². The molecule has 1 aliphatic heterocycles. The molecule has 1 saturated heterocycles. The Morgan fingerprint density at radius 1 is 0.962 bits per heavy atom. The summed E-state index contributed by atoms with van der Waals surface area (Å²) in [6.07, 6.45) is 3.91. The lowest BCUT2D eigenvalue weighted by Crippen LogP contribution is -2.29. The van der Waals surface area contributed by atoms with Gasteiger partial charge in [-0.3, -0.25) is 9.69 Å². The van der Waals surface area contributed by atoms with E-state index in [1.54, 1.807) is 32.4 Å². The molecule has 5 heteroatoms. The Balaban J connectivity index is 1.62. The van der Waals surface area contributed by atoms with E-state index in [1.807, 2.05) is 24.3 Å². The number of carbonyl (C=O) groups excluding carboxylic acids is 1. The average Bonchev–Trinajstić information content (AvgIpc) is 2.69. The number of anilines is 1. The highest BCUT2D eigenvalue weighted by atomic mass is 16.5. The number of nitrogens with zero attached hydrogens (tertiary/aromatic N) is 1. The largest absolute Gasteiger partial charge is 0.493 e. The minimum absolute atomic E-state index is 0.137. The molecule has 0 radical (unpaired) electrons. The number of hydrogen-bond acceptors (Lipinski definition) is 4. The number of methoxy groups -OCH3 is 2. The molecule has 1 amide bonds. The first kappa shape index (κ1) is 18.3. The minimum atomic E-state index is -0.137. The molecule has 0 spiro atoms. The van der Waals surface area contributed by atoms with E-state index in [1.165, 1.54) is 37.9 Å². The molecule has 3 rings (SSSR count). The first-order valence-corrected chi connectivity index (χ1v) is 9.04. The van der Waals surface area contributed by atoms with Gasteiger partial charge in [0.05, 0.1) is 14.2 Å². The molecule has 1 heterocycles. The van der Waals surface area contributed by atoms with E-state index in [0.29, 0.717) is 22.7 Å². The van der Waals surface area contributed by atoms with E-state index >= 15 is 0 Å². The zero-order chi connectivity index (χ0) is 18.4. The van der Waals surface area contributed by atoms with E-state index in [2.05, 4.69) is 10.2 Å². The van der Waals surface area contributed by atoms with E-state index in [9.17, 15) is 4.79 Å². The Bertz CT molecular complexity index is 737. The molecule has 5 nitrogen and oxygen atoms in total. The number of ether oxygens (including phenoxy) is 2. The third kappa shape index (κ3) is 4.55. The van der Waals surface area contributed by atoms with E-state index < -0.39 is 0 Å². The number of piperidine rings is 1. The number of likely N-dealkylation sites (tertiary alicyclic amines) is 1. The van der Waals surface area contributed by atoms with Crippen molar-refractivity contribution in [1.82, 2.24) is 4.90 Å². The molecule has 138 valence electrons. The summed E-state index contributed by atoms with van der Waals surface area (Å²) in [5.74, 6) is 1.08. The van der Waals surface area contributed by atoms with Crippen molar-refractivity contribution in [3.8, 4) is 11.5 Å². The second-order valence-corrected chi connectivity index (χ2v) is 6.56. The first-order chi connectivity index (χ1) is 12.7. The summed E-state index contributed by atoms with van der Waals surface area (Å²) in [4.78, 5) is 15.0. The van der Waals surface area contributed by atoms with Gasteiger partial charge < -0.3 is 14.8 Å². The van der Waals surface area contributed by atoms with Crippen LogP contribution in [0.1, 0.15) is 35.2 Å². The van der Waals surface area contributed by atoms with E-state index in [-0.39, 0.29) is 5.91 Å². The fourth-order valence-electron chi connectivity index (χ4n) is 3.25. The Morgan fingerprint density at radius 2 is 1.65 bits per heavy atom. The molecule has 1 aliphatic rings. The first-order valence-electron chi connectivity index (χ1n) is 9.04. The second kappa shape index (κ2) is 8.72. The topological polar surface area (TPSA) is 50.8 Å². The van der Waals surface area contributed by atoms with Gasteiger partial charge in [-0.05, 0) is 55.8 Å². The van der Waals surface area contributed by atoms with Gasteiger partial charge >= 0.3 is 0 Å². The molecule has 0 saturated carbocycles. The summed E-state index contributed by atoms with van der Waals surface area (Å²) >= 11 is 0. The smallest absolute Gasteiger partial charge is 0.255 e. The molecule has 1 fully saturated rings. The van der Waals surface area contributed by atoms with Crippen LogP contribution in [0.25, 0.3) is 0 Å². The van der Waals surface area contributed by atoms with Gasteiger partial charge in [-0.2, -0.15) is 0 Å². The summed E-state index contributed by atoms with van der Waals surface area (Å²) in [5, 5.41) is 2.90. The van der Waals surface area contributed by atoms with Crippen LogP contribution in [0.5, 0.6) is 11.5 Å². The van der Waals surface area contributed by atoms with Crippen LogP contribution in [0.3, 0.4) is 0 Å². The summed E-state index contributed by atoms with van der Waals surface area (Å²) in [6.45, 7) is 3.29. The Morgan fingerprint density at radius 3 is 2.31 bits per heavy atom. The molecule has 0 aliphatic carbocycles. The zero-order valence-electron chi connectivity index (χ0n) is 15.5. The van der Waals surface area contributed by atoms with Crippen LogP contribution >= 0.6 is 0 Å². The fourth-order valence-corrected chi connectivity index (χ4v) is 3.25. The Hall–Kier alpha value is -2.53.